The Labute approximate surface area is 130 Å². The van der Waals surface area contributed by atoms with Gasteiger partial charge in [-0.05, 0) is 19.9 Å². The first-order valence-electron chi connectivity index (χ1n) is 7.35. The Kier molecular flexibility index (Phi) is 5.56. The van der Waals surface area contributed by atoms with Crippen LogP contribution in [0, 0.1) is 0 Å². The van der Waals surface area contributed by atoms with E-state index in [1.54, 1.807) is 0 Å². The molecule has 0 saturated heterocycles. The molecule has 2 rings (SSSR count). The molecule has 0 bridgehead atoms. The van der Waals surface area contributed by atoms with Crippen LogP contribution in [0.3, 0.4) is 0 Å². The van der Waals surface area contributed by atoms with E-state index in [1.807, 2.05) is 49.9 Å². The van der Waals surface area contributed by atoms with Crippen molar-refractivity contribution >= 4 is 28.6 Å². The number of hydrogen-bond donors (Lipinski definition) is 0. The summed E-state index contributed by atoms with van der Waals surface area (Å²) in [5.41, 5.74) is 0.946. The summed E-state index contributed by atoms with van der Waals surface area (Å²) in [5.74, 6) is 1.41. The average molecular weight is 303 g/mol. The molecule has 4 nitrogen and oxygen atoms in total. The second-order valence-electron chi connectivity index (χ2n) is 4.67. The number of benzene rings is 1. The fourth-order valence-corrected chi connectivity index (χ4v) is 3.10. The van der Waals surface area contributed by atoms with Crippen molar-refractivity contribution in [3.63, 3.8) is 0 Å². The summed E-state index contributed by atoms with van der Waals surface area (Å²) in [4.78, 5) is 23.1. The van der Waals surface area contributed by atoms with Crippen molar-refractivity contribution in [2.75, 3.05) is 18.8 Å². The number of fused-ring (bicyclic) bond motifs is 1. The number of hydrogen-bond acceptors (Lipinski definition) is 4. The molecule has 1 heterocycles. The largest absolute Gasteiger partial charge is 0.343 e. The zero-order valence-electron chi connectivity index (χ0n) is 12.8. The van der Waals surface area contributed by atoms with Crippen LogP contribution in [0.5, 0.6) is 0 Å². The third-order valence-electron chi connectivity index (χ3n) is 3.38. The molecule has 1 aromatic carbocycles. The van der Waals surface area contributed by atoms with Gasteiger partial charge in [-0.25, -0.2) is 9.97 Å². The van der Waals surface area contributed by atoms with Crippen LogP contribution >= 0.6 is 11.8 Å². The first-order chi connectivity index (χ1) is 10.2. The molecule has 0 aliphatic carbocycles. The molecule has 1 amide bonds. The Balaban J connectivity index is 2.23. The molecule has 0 saturated carbocycles. The van der Waals surface area contributed by atoms with Crippen LogP contribution in [0.2, 0.25) is 0 Å². The number of para-hydroxylation sites is 1. The van der Waals surface area contributed by atoms with Gasteiger partial charge in [0, 0.05) is 24.9 Å². The maximum atomic E-state index is 12.1. The zero-order chi connectivity index (χ0) is 15.2. The third kappa shape index (κ3) is 3.73. The first kappa shape index (κ1) is 15.8. The fourth-order valence-electron chi connectivity index (χ4n) is 2.16. The molecule has 0 radical (unpaired) electrons. The van der Waals surface area contributed by atoms with E-state index >= 15 is 0 Å². The standard InChI is InChI=1S/C16H21N3OS/c1-4-14-17-13-10-8-7-9-12(13)16(18-14)21-11-15(20)19(5-2)6-3/h7-10H,4-6,11H2,1-3H3. The Morgan fingerprint density at radius 1 is 1.14 bits per heavy atom. The van der Waals surface area contributed by atoms with Crippen LogP contribution in [0.1, 0.15) is 26.6 Å². The minimum atomic E-state index is 0.158. The highest BCUT2D eigenvalue weighted by Crippen LogP contribution is 2.25. The van der Waals surface area contributed by atoms with E-state index in [9.17, 15) is 4.79 Å². The minimum Gasteiger partial charge on any atom is -0.343 e. The maximum absolute atomic E-state index is 12.1. The lowest BCUT2D eigenvalue weighted by molar-refractivity contribution is -0.127. The van der Waals surface area contributed by atoms with Crippen molar-refractivity contribution in [1.82, 2.24) is 14.9 Å². The smallest absolute Gasteiger partial charge is 0.232 e. The Hall–Kier alpha value is -1.62. The Morgan fingerprint density at radius 2 is 1.86 bits per heavy atom. The minimum absolute atomic E-state index is 0.158. The van der Waals surface area contributed by atoms with Crippen molar-refractivity contribution in [2.24, 2.45) is 0 Å². The monoisotopic (exact) mass is 303 g/mol. The lowest BCUT2D eigenvalue weighted by atomic mass is 10.2. The number of nitrogens with zero attached hydrogens (tertiary/aromatic N) is 3. The molecule has 5 heteroatoms. The van der Waals surface area contributed by atoms with Crippen molar-refractivity contribution in [3.8, 4) is 0 Å². The van der Waals surface area contributed by atoms with E-state index in [-0.39, 0.29) is 5.91 Å². The number of rotatable bonds is 6. The summed E-state index contributed by atoms with van der Waals surface area (Å²) >= 11 is 1.50. The molecule has 1 aromatic heterocycles. The molecular formula is C16H21N3OS. The van der Waals surface area contributed by atoms with Gasteiger partial charge in [-0.15, -0.1) is 0 Å². The second kappa shape index (κ2) is 7.41. The van der Waals surface area contributed by atoms with Crippen LogP contribution in [0.25, 0.3) is 10.9 Å². The van der Waals surface area contributed by atoms with Gasteiger partial charge in [0.15, 0.2) is 0 Å². The Morgan fingerprint density at radius 3 is 2.52 bits per heavy atom. The number of amides is 1. The molecule has 2 aromatic rings. The number of aromatic nitrogens is 2. The van der Waals surface area contributed by atoms with E-state index in [4.69, 9.17) is 0 Å². The van der Waals surface area contributed by atoms with Gasteiger partial charge in [0.1, 0.15) is 10.9 Å². The average Bonchev–Trinajstić information content (AvgIpc) is 2.53. The summed E-state index contributed by atoms with van der Waals surface area (Å²) in [6.45, 7) is 7.55. The zero-order valence-corrected chi connectivity index (χ0v) is 13.6. The van der Waals surface area contributed by atoms with Crippen molar-refractivity contribution in [2.45, 2.75) is 32.2 Å². The quantitative estimate of drug-likeness (QED) is 0.607. The van der Waals surface area contributed by atoms with Crippen LogP contribution in [0.4, 0.5) is 0 Å². The summed E-state index contributed by atoms with van der Waals surface area (Å²) in [7, 11) is 0. The molecule has 0 atom stereocenters. The molecule has 0 fully saturated rings. The third-order valence-corrected chi connectivity index (χ3v) is 4.36. The van der Waals surface area contributed by atoms with Crippen LogP contribution < -0.4 is 0 Å². The maximum Gasteiger partial charge on any atom is 0.232 e. The SMILES string of the molecule is CCc1nc(SCC(=O)N(CC)CC)c2ccccc2n1. The van der Waals surface area contributed by atoms with Gasteiger partial charge in [-0.2, -0.15) is 0 Å². The van der Waals surface area contributed by atoms with E-state index in [0.717, 1.165) is 41.3 Å². The lowest BCUT2D eigenvalue weighted by Gasteiger charge is -2.18. The fraction of sp³-hybridized carbons (Fsp3) is 0.438. The van der Waals surface area contributed by atoms with Gasteiger partial charge in [0.25, 0.3) is 0 Å². The van der Waals surface area contributed by atoms with Crippen molar-refractivity contribution in [3.05, 3.63) is 30.1 Å². The molecule has 21 heavy (non-hydrogen) atoms. The van der Waals surface area contributed by atoms with E-state index < -0.39 is 0 Å². The molecular weight excluding hydrogens is 282 g/mol. The predicted molar refractivity (Wildman–Crippen MR) is 87.6 cm³/mol. The topological polar surface area (TPSA) is 46.1 Å². The predicted octanol–water partition coefficient (Wildman–Crippen LogP) is 3.15. The molecule has 0 aliphatic heterocycles. The summed E-state index contributed by atoms with van der Waals surface area (Å²) in [5, 5.41) is 1.92. The second-order valence-corrected chi connectivity index (χ2v) is 5.63. The number of carbonyl (C=O) groups is 1. The van der Waals surface area contributed by atoms with E-state index in [1.165, 1.54) is 11.8 Å². The van der Waals surface area contributed by atoms with Crippen LogP contribution in [0.15, 0.2) is 29.3 Å². The normalized spacial score (nSPS) is 10.8. The first-order valence-corrected chi connectivity index (χ1v) is 8.34. The molecule has 0 unspecified atom stereocenters. The summed E-state index contributed by atoms with van der Waals surface area (Å²) < 4.78 is 0. The molecule has 0 aliphatic rings. The highest BCUT2D eigenvalue weighted by atomic mass is 32.2. The summed E-state index contributed by atoms with van der Waals surface area (Å²) in [6, 6.07) is 7.96. The van der Waals surface area contributed by atoms with E-state index in [0.29, 0.717) is 5.75 Å². The van der Waals surface area contributed by atoms with Gasteiger partial charge in [0.2, 0.25) is 5.91 Å². The molecule has 112 valence electrons. The molecule has 0 spiro atoms. The van der Waals surface area contributed by atoms with Gasteiger partial charge >= 0.3 is 0 Å². The number of aryl methyl sites for hydroxylation is 1. The van der Waals surface area contributed by atoms with Gasteiger partial charge in [-0.3, -0.25) is 4.79 Å². The highest BCUT2D eigenvalue weighted by molar-refractivity contribution is 8.00. The highest BCUT2D eigenvalue weighted by Gasteiger charge is 2.13. The van der Waals surface area contributed by atoms with Gasteiger partial charge in [0.05, 0.1) is 11.3 Å². The van der Waals surface area contributed by atoms with Crippen LogP contribution in [-0.2, 0) is 11.2 Å². The number of thioether (sulfide) groups is 1. The molecule has 0 N–H and O–H groups in total. The van der Waals surface area contributed by atoms with Crippen LogP contribution in [-0.4, -0.2) is 39.6 Å². The van der Waals surface area contributed by atoms with Crippen molar-refractivity contribution in [1.29, 1.82) is 0 Å². The lowest BCUT2D eigenvalue weighted by Crippen LogP contribution is -2.31. The van der Waals surface area contributed by atoms with Crippen molar-refractivity contribution < 1.29 is 4.79 Å². The van der Waals surface area contributed by atoms with Gasteiger partial charge in [-0.1, -0.05) is 36.9 Å². The Bertz CT molecular complexity index is 626. The summed E-state index contributed by atoms with van der Waals surface area (Å²) in [6.07, 6.45) is 0.794. The number of carbonyl (C=O) groups excluding carboxylic acids is 1. The van der Waals surface area contributed by atoms with E-state index in [2.05, 4.69) is 9.97 Å². The van der Waals surface area contributed by atoms with Gasteiger partial charge < -0.3 is 4.90 Å².